The summed E-state index contributed by atoms with van der Waals surface area (Å²) >= 11 is 4.91. The average molecular weight is 139 g/mol. The Bertz CT molecular complexity index is 99.5. The first-order valence-corrected chi connectivity index (χ1v) is 2.02. The van der Waals surface area contributed by atoms with E-state index in [4.69, 9.17) is 16.9 Å². The Morgan fingerprint density at radius 2 is 2.38 bits per heavy atom. The number of hydrogen-bond donors (Lipinski definition) is 1. The van der Waals surface area contributed by atoms with Crippen LogP contribution < -0.4 is 0 Å². The van der Waals surface area contributed by atoms with Crippen molar-refractivity contribution < 1.29 is 19.7 Å². The van der Waals surface area contributed by atoms with Gasteiger partial charge in [0.05, 0.1) is 0 Å². The minimum atomic E-state index is -1.22. The van der Waals surface area contributed by atoms with E-state index in [0.717, 1.165) is 11.8 Å². The highest BCUT2D eigenvalue weighted by Crippen LogP contribution is 1.84. The molecule has 8 heavy (non-hydrogen) atoms. The fraction of sp³-hybridized carbons (Fsp3) is 0. The topological polar surface area (TPSA) is 55.8 Å². The highest BCUT2D eigenvalue weighted by Gasteiger charge is 1.95. The summed E-state index contributed by atoms with van der Waals surface area (Å²) in [6, 6.07) is 0. The second-order valence-corrected chi connectivity index (χ2v) is 0.973. The molecule has 0 bridgehead atoms. The predicted octanol–water partition coefficient (Wildman–Crippen LogP) is 1.32. The Morgan fingerprint density at radius 3 is 2.75 bits per heavy atom. The number of carbonyl (C=O) groups excluding carboxylic acids is 1. The molecule has 0 aromatic carbocycles. The highest BCUT2D eigenvalue weighted by atomic mass is 35.5. The number of rotatable bonds is 1. The average Bonchev–Trinajstić information content (AvgIpc) is 1.83. The van der Waals surface area contributed by atoms with Gasteiger partial charge >= 0.3 is 6.16 Å². The molecule has 0 aromatic rings. The van der Waals surface area contributed by atoms with Gasteiger partial charge in [0, 0.05) is 5.54 Å². The lowest BCUT2D eigenvalue weighted by atomic mass is 11.1. The molecule has 0 saturated heterocycles. The zero-order chi connectivity index (χ0) is 6.41. The second-order valence-electron chi connectivity index (χ2n) is 0.721. The quantitative estimate of drug-likeness (QED) is 0.257. The number of ether oxygens (including phenoxy) is 1. The molecule has 0 aliphatic heterocycles. The van der Waals surface area contributed by atoms with Gasteiger partial charge in [-0.3, -0.25) is 4.89 Å². The van der Waals surface area contributed by atoms with E-state index >= 15 is 0 Å². The van der Waals surface area contributed by atoms with Gasteiger partial charge < -0.3 is 4.74 Å². The van der Waals surface area contributed by atoms with Gasteiger partial charge in [-0.25, -0.2) is 4.79 Å². The highest BCUT2D eigenvalue weighted by molar-refractivity contribution is 6.25. The predicted molar refractivity (Wildman–Crippen MR) is 25.2 cm³/mol. The van der Waals surface area contributed by atoms with E-state index < -0.39 is 6.16 Å². The van der Waals surface area contributed by atoms with Crippen molar-refractivity contribution in [2.45, 2.75) is 0 Å². The summed E-state index contributed by atoms with van der Waals surface area (Å²) < 4.78 is 3.92. The first-order valence-electron chi connectivity index (χ1n) is 1.58. The second kappa shape index (κ2) is 4.42. The maximum atomic E-state index is 9.77. The third kappa shape index (κ3) is 3.45. The van der Waals surface area contributed by atoms with Crippen molar-refractivity contribution in [3.05, 3.63) is 11.8 Å². The van der Waals surface area contributed by atoms with Crippen molar-refractivity contribution in [1.29, 1.82) is 0 Å². The summed E-state index contributed by atoms with van der Waals surface area (Å²) in [7, 11) is 0. The van der Waals surface area contributed by atoms with Gasteiger partial charge in [-0.2, -0.15) is 5.26 Å². The summed E-state index contributed by atoms with van der Waals surface area (Å²) in [5, 5.41) is 7.51. The minimum Gasteiger partial charge on any atom is -0.400 e. The van der Waals surface area contributed by atoms with Crippen LogP contribution in [0.5, 0.6) is 0 Å². The summed E-state index contributed by atoms with van der Waals surface area (Å²) in [4.78, 5) is 12.8. The van der Waals surface area contributed by atoms with Gasteiger partial charge in [-0.15, -0.1) is 0 Å². The maximum absolute atomic E-state index is 9.77. The van der Waals surface area contributed by atoms with Crippen LogP contribution in [0, 0.1) is 0 Å². The van der Waals surface area contributed by atoms with Gasteiger partial charge in [0.2, 0.25) is 0 Å². The minimum absolute atomic E-state index is 0.861. The Morgan fingerprint density at radius 1 is 1.75 bits per heavy atom. The molecule has 0 saturated carbocycles. The van der Waals surface area contributed by atoms with Gasteiger partial charge in [0.1, 0.15) is 6.26 Å². The molecule has 0 rings (SSSR count). The van der Waals surface area contributed by atoms with E-state index in [0.29, 0.717) is 0 Å². The van der Waals surface area contributed by atoms with Crippen LogP contribution in [-0.4, -0.2) is 11.4 Å². The van der Waals surface area contributed by atoms with E-state index in [9.17, 15) is 4.79 Å². The molecular weight excluding hydrogens is 135 g/mol. The molecular formula is C3H3ClO4. The molecule has 0 spiro atoms. The van der Waals surface area contributed by atoms with E-state index in [1.54, 1.807) is 0 Å². The van der Waals surface area contributed by atoms with Gasteiger partial charge in [0.25, 0.3) is 0 Å². The fourth-order valence-electron chi connectivity index (χ4n) is 0.103. The summed E-state index contributed by atoms with van der Waals surface area (Å²) in [5.41, 5.74) is 0.955. The summed E-state index contributed by atoms with van der Waals surface area (Å²) in [6.07, 6.45) is -0.359. The molecule has 0 aliphatic rings. The Kier molecular flexibility index (Phi) is 4.01. The summed E-state index contributed by atoms with van der Waals surface area (Å²) in [6.45, 7) is 0. The van der Waals surface area contributed by atoms with Gasteiger partial charge in [0.15, 0.2) is 0 Å². The van der Waals surface area contributed by atoms with Crippen LogP contribution in [0.4, 0.5) is 4.79 Å². The lowest BCUT2D eigenvalue weighted by Gasteiger charge is -1.88. The van der Waals surface area contributed by atoms with Crippen molar-refractivity contribution >= 4 is 17.8 Å². The van der Waals surface area contributed by atoms with Crippen molar-refractivity contribution in [2.24, 2.45) is 0 Å². The van der Waals surface area contributed by atoms with E-state index in [2.05, 4.69) is 9.62 Å². The van der Waals surface area contributed by atoms with Crippen LogP contribution in [0.15, 0.2) is 11.8 Å². The van der Waals surface area contributed by atoms with Crippen LogP contribution in [0.1, 0.15) is 0 Å². The largest absolute Gasteiger partial charge is 0.545 e. The summed E-state index contributed by atoms with van der Waals surface area (Å²) in [5.74, 6) is 0. The Hall–Kier alpha value is -0.740. The first-order chi connectivity index (χ1) is 3.81. The Balaban J connectivity index is 3.25. The molecule has 0 aliphatic carbocycles. The fourth-order valence-corrected chi connectivity index (χ4v) is 0.154. The van der Waals surface area contributed by atoms with E-state index in [-0.39, 0.29) is 0 Å². The lowest BCUT2D eigenvalue weighted by molar-refractivity contribution is -0.195. The lowest BCUT2D eigenvalue weighted by Crippen LogP contribution is -1.97. The zero-order valence-corrected chi connectivity index (χ0v) is 4.46. The monoisotopic (exact) mass is 138 g/mol. The molecule has 0 amide bonds. The SMILES string of the molecule is O=C(OO)OC=CCl. The van der Waals surface area contributed by atoms with Gasteiger partial charge in [-0.1, -0.05) is 11.6 Å². The van der Waals surface area contributed by atoms with Crippen LogP contribution in [0.25, 0.3) is 0 Å². The van der Waals surface area contributed by atoms with Crippen molar-refractivity contribution in [3.63, 3.8) is 0 Å². The van der Waals surface area contributed by atoms with Gasteiger partial charge in [-0.05, 0) is 0 Å². The number of carbonyl (C=O) groups is 1. The zero-order valence-electron chi connectivity index (χ0n) is 3.70. The maximum Gasteiger partial charge on any atom is 0.545 e. The van der Waals surface area contributed by atoms with Crippen LogP contribution in [0.3, 0.4) is 0 Å². The molecule has 0 unspecified atom stereocenters. The molecule has 4 nitrogen and oxygen atoms in total. The first kappa shape index (κ1) is 7.26. The van der Waals surface area contributed by atoms with Crippen molar-refractivity contribution in [1.82, 2.24) is 0 Å². The third-order valence-corrected chi connectivity index (χ3v) is 0.393. The molecule has 0 atom stereocenters. The Labute approximate surface area is 50.2 Å². The van der Waals surface area contributed by atoms with E-state index in [1.807, 2.05) is 0 Å². The number of hydrogen-bond acceptors (Lipinski definition) is 4. The smallest absolute Gasteiger partial charge is 0.400 e. The van der Waals surface area contributed by atoms with Crippen molar-refractivity contribution in [3.8, 4) is 0 Å². The standard InChI is InChI=1S/C3H3ClO4/c4-1-2-7-3(5)8-6/h1-2,6H. The van der Waals surface area contributed by atoms with Crippen molar-refractivity contribution in [2.75, 3.05) is 0 Å². The molecule has 0 radical (unpaired) electrons. The molecule has 0 aromatic heterocycles. The third-order valence-electron chi connectivity index (χ3n) is 0.290. The molecule has 46 valence electrons. The van der Waals surface area contributed by atoms with Crippen LogP contribution in [0.2, 0.25) is 0 Å². The number of halogens is 1. The molecule has 0 heterocycles. The van der Waals surface area contributed by atoms with Crippen LogP contribution in [-0.2, 0) is 9.62 Å². The van der Waals surface area contributed by atoms with E-state index in [1.165, 1.54) is 0 Å². The normalized spacial score (nSPS) is 9.25. The molecule has 5 heteroatoms. The van der Waals surface area contributed by atoms with Crippen LogP contribution >= 0.6 is 11.6 Å². The molecule has 1 N–H and O–H groups in total. The molecule has 0 fully saturated rings.